The molecule has 0 aliphatic heterocycles. The van der Waals surface area contributed by atoms with E-state index in [0.29, 0.717) is 11.7 Å². The molecule has 3 rings (SSSR count). The van der Waals surface area contributed by atoms with E-state index >= 15 is 0 Å². The summed E-state index contributed by atoms with van der Waals surface area (Å²) in [4.78, 5) is 23.7. The van der Waals surface area contributed by atoms with Gasteiger partial charge in [0.2, 0.25) is 0 Å². The molecular formula is C17H17N3O. The number of nitrogens with zero attached hydrogens (tertiary/aromatic N) is 2. The third-order valence-electron chi connectivity index (χ3n) is 3.32. The highest BCUT2D eigenvalue weighted by Crippen LogP contribution is 2.24. The summed E-state index contributed by atoms with van der Waals surface area (Å²) in [5, 5.41) is 0.991. The molecular weight excluding hydrogens is 262 g/mol. The van der Waals surface area contributed by atoms with Crippen molar-refractivity contribution in [1.82, 2.24) is 15.0 Å². The number of aromatic nitrogens is 3. The lowest BCUT2D eigenvalue weighted by molar-refractivity contribution is 0.634. The summed E-state index contributed by atoms with van der Waals surface area (Å²) in [6.45, 7) is 4.23. The lowest BCUT2D eigenvalue weighted by Gasteiger charge is -2.08. The molecule has 0 saturated heterocycles. The van der Waals surface area contributed by atoms with Gasteiger partial charge in [-0.25, -0.2) is 4.98 Å². The van der Waals surface area contributed by atoms with Crippen molar-refractivity contribution in [3.05, 3.63) is 58.6 Å². The number of fused-ring (bicyclic) bond motifs is 1. The van der Waals surface area contributed by atoms with Gasteiger partial charge >= 0.3 is 0 Å². The Labute approximate surface area is 122 Å². The molecule has 4 nitrogen and oxygen atoms in total. The molecule has 4 heteroatoms. The minimum atomic E-state index is -0.114. The fourth-order valence-electron chi connectivity index (χ4n) is 2.46. The first-order chi connectivity index (χ1) is 10.1. The molecule has 0 aliphatic carbocycles. The van der Waals surface area contributed by atoms with Crippen LogP contribution >= 0.6 is 0 Å². The monoisotopic (exact) mass is 279 g/mol. The summed E-state index contributed by atoms with van der Waals surface area (Å²) < 4.78 is 0. The van der Waals surface area contributed by atoms with Gasteiger partial charge in [0, 0.05) is 28.9 Å². The van der Waals surface area contributed by atoms with Crippen molar-refractivity contribution in [3.63, 3.8) is 0 Å². The van der Waals surface area contributed by atoms with E-state index in [1.165, 1.54) is 0 Å². The topological polar surface area (TPSA) is 58.6 Å². The number of nitrogens with one attached hydrogen (secondary N) is 1. The molecule has 0 spiro atoms. The van der Waals surface area contributed by atoms with Gasteiger partial charge in [-0.05, 0) is 24.5 Å². The van der Waals surface area contributed by atoms with Crippen molar-refractivity contribution in [2.45, 2.75) is 20.3 Å². The summed E-state index contributed by atoms with van der Waals surface area (Å²) in [6, 6.07) is 11.3. The van der Waals surface area contributed by atoms with Crippen molar-refractivity contribution >= 4 is 10.9 Å². The van der Waals surface area contributed by atoms with E-state index in [4.69, 9.17) is 0 Å². The Balaban J connectivity index is 2.18. The van der Waals surface area contributed by atoms with Crippen LogP contribution in [0.15, 0.2) is 47.4 Å². The van der Waals surface area contributed by atoms with Gasteiger partial charge in [-0.2, -0.15) is 0 Å². The summed E-state index contributed by atoms with van der Waals surface area (Å²) >= 11 is 0. The van der Waals surface area contributed by atoms with E-state index in [9.17, 15) is 4.79 Å². The quantitative estimate of drug-likeness (QED) is 0.801. The molecule has 1 N–H and O–H groups in total. The third kappa shape index (κ3) is 2.84. The maximum atomic E-state index is 11.9. The Morgan fingerprint density at radius 2 is 2.00 bits per heavy atom. The lowest BCUT2D eigenvalue weighted by atomic mass is 10.1. The summed E-state index contributed by atoms with van der Waals surface area (Å²) in [5.41, 5.74) is 2.51. The highest BCUT2D eigenvalue weighted by atomic mass is 16.1. The zero-order valence-corrected chi connectivity index (χ0v) is 12.1. The number of aromatic amines is 1. The van der Waals surface area contributed by atoms with Gasteiger partial charge in [-0.1, -0.05) is 32.0 Å². The van der Waals surface area contributed by atoms with Gasteiger partial charge in [0.15, 0.2) is 0 Å². The maximum Gasteiger partial charge on any atom is 0.251 e. The molecule has 0 aliphatic rings. The van der Waals surface area contributed by atoms with E-state index in [2.05, 4.69) is 28.8 Å². The van der Waals surface area contributed by atoms with Gasteiger partial charge in [0.05, 0.1) is 5.52 Å². The molecule has 0 amide bonds. The van der Waals surface area contributed by atoms with Crippen LogP contribution in [0.4, 0.5) is 0 Å². The molecule has 1 aromatic carbocycles. The van der Waals surface area contributed by atoms with Crippen LogP contribution in [0, 0.1) is 5.92 Å². The molecule has 3 aromatic rings. The average Bonchev–Trinajstić information content (AvgIpc) is 2.45. The molecule has 0 atom stereocenters. The van der Waals surface area contributed by atoms with Crippen LogP contribution in [0.5, 0.6) is 0 Å². The molecule has 21 heavy (non-hydrogen) atoms. The minimum absolute atomic E-state index is 0.114. The van der Waals surface area contributed by atoms with Crippen molar-refractivity contribution < 1.29 is 0 Å². The zero-order valence-electron chi connectivity index (χ0n) is 12.1. The Kier molecular flexibility index (Phi) is 3.52. The summed E-state index contributed by atoms with van der Waals surface area (Å²) in [7, 11) is 0. The van der Waals surface area contributed by atoms with E-state index < -0.39 is 0 Å². The fourth-order valence-corrected chi connectivity index (χ4v) is 2.46. The van der Waals surface area contributed by atoms with Crippen molar-refractivity contribution in [2.24, 2.45) is 5.92 Å². The summed E-state index contributed by atoms with van der Waals surface area (Å²) in [6.07, 6.45) is 2.53. The first kappa shape index (κ1) is 13.5. The predicted molar refractivity (Wildman–Crippen MR) is 84.1 cm³/mol. The lowest BCUT2D eigenvalue weighted by Crippen LogP contribution is -2.12. The Hall–Kier alpha value is -2.49. The second-order valence-corrected chi connectivity index (χ2v) is 5.56. The number of hydrogen-bond acceptors (Lipinski definition) is 3. The van der Waals surface area contributed by atoms with Gasteiger partial charge in [0.1, 0.15) is 5.82 Å². The zero-order chi connectivity index (χ0) is 14.8. The van der Waals surface area contributed by atoms with Crippen LogP contribution in [0.3, 0.4) is 0 Å². The first-order valence-electron chi connectivity index (χ1n) is 7.08. The van der Waals surface area contributed by atoms with Gasteiger partial charge < -0.3 is 4.98 Å². The van der Waals surface area contributed by atoms with Crippen LogP contribution in [0.1, 0.15) is 19.5 Å². The van der Waals surface area contributed by atoms with Crippen LogP contribution < -0.4 is 5.56 Å². The van der Waals surface area contributed by atoms with Crippen molar-refractivity contribution in [2.75, 3.05) is 0 Å². The second-order valence-electron chi connectivity index (χ2n) is 5.56. The van der Waals surface area contributed by atoms with Gasteiger partial charge in [0.25, 0.3) is 5.56 Å². The first-order valence-corrected chi connectivity index (χ1v) is 7.08. The highest BCUT2D eigenvalue weighted by Gasteiger charge is 2.09. The van der Waals surface area contributed by atoms with Gasteiger partial charge in [-0.3, -0.25) is 9.78 Å². The normalized spacial score (nSPS) is 11.2. The number of rotatable bonds is 3. The molecule has 0 saturated carbocycles. The van der Waals surface area contributed by atoms with Crippen LogP contribution in [-0.2, 0) is 6.42 Å². The van der Waals surface area contributed by atoms with E-state index in [0.717, 1.165) is 28.6 Å². The molecule has 0 bridgehead atoms. The number of para-hydroxylation sites is 1. The van der Waals surface area contributed by atoms with E-state index in [1.54, 1.807) is 12.3 Å². The highest BCUT2D eigenvalue weighted by molar-refractivity contribution is 5.92. The van der Waals surface area contributed by atoms with Crippen molar-refractivity contribution in [1.29, 1.82) is 0 Å². The molecule has 0 fully saturated rings. The van der Waals surface area contributed by atoms with E-state index in [-0.39, 0.29) is 5.56 Å². The number of H-pyrrole nitrogens is 1. The Morgan fingerprint density at radius 3 is 2.81 bits per heavy atom. The van der Waals surface area contributed by atoms with E-state index in [1.807, 2.05) is 30.3 Å². The molecule has 0 radical (unpaired) electrons. The molecule has 0 unspecified atom stereocenters. The minimum Gasteiger partial charge on any atom is -0.306 e. The van der Waals surface area contributed by atoms with Crippen LogP contribution in [-0.4, -0.2) is 15.0 Å². The number of benzene rings is 1. The van der Waals surface area contributed by atoms with Crippen LogP contribution in [0.2, 0.25) is 0 Å². The fraction of sp³-hybridized carbons (Fsp3) is 0.235. The SMILES string of the molecule is CC(C)Cc1cc(=O)[nH]c(-c2ccnc3ccccc23)n1. The van der Waals surface area contributed by atoms with Crippen LogP contribution in [0.25, 0.3) is 22.3 Å². The molecule has 2 heterocycles. The average molecular weight is 279 g/mol. The Bertz CT molecular complexity index is 831. The number of pyridine rings is 1. The van der Waals surface area contributed by atoms with Crippen molar-refractivity contribution in [3.8, 4) is 11.4 Å². The van der Waals surface area contributed by atoms with Gasteiger partial charge in [-0.15, -0.1) is 0 Å². The Morgan fingerprint density at radius 1 is 1.19 bits per heavy atom. The largest absolute Gasteiger partial charge is 0.306 e. The standard InChI is InChI=1S/C17H17N3O/c1-11(2)9-12-10-16(21)20-17(19-12)14-7-8-18-15-6-4-3-5-13(14)15/h3-8,10-11H,9H2,1-2H3,(H,19,20,21). The number of hydrogen-bond donors (Lipinski definition) is 1. The maximum absolute atomic E-state index is 11.9. The molecule has 2 aromatic heterocycles. The second kappa shape index (κ2) is 5.48. The predicted octanol–water partition coefficient (Wildman–Crippen LogP) is 3.18. The summed E-state index contributed by atoms with van der Waals surface area (Å²) in [5.74, 6) is 1.07. The molecule has 106 valence electrons. The third-order valence-corrected chi connectivity index (χ3v) is 3.32. The smallest absolute Gasteiger partial charge is 0.251 e.